The SMILES string of the molecule is [N-]=[N+]=NCC#Cc1ccccc1C=NO. The fourth-order valence-electron chi connectivity index (χ4n) is 0.987. The molecule has 0 aliphatic carbocycles. The third kappa shape index (κ3) is 3.43. The normalized spacial score (nSPS) is 9.07. The molecule has 0 aliphatic heterocycles. The number of azide groups is 1. The number of oxime groups is 1. The van der Waals surface area contributed by atoms with Crippen molar-refractivity contribution < 1.29 is 5.21 Å². The zero-order valence-corrected chi connectivity index (χ0v) is 7.83. The molecule has 0 aliphatic rings. The number of hydrogen-bond donors (Lipinski definition) is 1. The molecule has 0 spiro atoms. The van der Waals surface area contributed by atoms with E-state index in [-0.39, 0.29) is 6.54 Å². The third-order valence-corrected chi connectivity index (χ3v) is 1.59. The van der Waals surface area contributed by atoms with Gasteiger partial charge < -0.3 is 5.21 Å². The first-order valence-corrected chi connectivity index (χ1v) is 4.14. The Morgan fingerprint density at radius 1 is 1.47 bits per heavy atom. The van der Waals surface area contributed by atoms with Gasteiger partial charge in [0.25, 0.3) is 0 Å². The summed E-state index contributed by atoms with van der Waals surface area (Å²) in [5, 5.41) is 14.6. The second-order valence-corrected chi connectivity index (χ2v) is 2.52. The predicted octanol–water partition coefficient (Wildman–Crippen LogP) is 2.16. The largest absolute Gasteiger partial charge is 0.411 e. The van der Waals surface area contributed by atoms with Crippen LogP contribution in [-0.2, 0) is 0 Å². The van der Waals surface area contributed by atoms with E-state index in [2.05, 4.69) is 27.0 Å². The number of hydrogen-bond acceptors (Lipinski definition) is 3. The van der Waals surface area contributed by atoms with E-state index in [1.807, 2.05) is 12.1 Å². The molecular weight excluding hydrogens is 192 g/mol. The van der Waals surface area contributed by atoms with E-state index in [4.69, 9.17) is 10.7 Å². The second kappa shape index (κ2) is 6.08. The third-order valence-electron chi connectivity index (χ3n) is 1.59. The van der Waals surface area contributed by atoms with E-state index >= 15 is 0 Å². The monoisotopic (exact) mass is 200 g/mol. The summed E-state index contributed by atoms with van der Waals surface area (Å²) in [5.41, 5.74) is 9.48. The minimum Gasteiger partial charge on any atom is -0.411 e. The quantitative estimate of drug-likeness (QED) is 0.148. The van der Waals surface area contributed by atoms with Crippen molar-refractivity contribution in [2.75, 3.05) is 6.54 Å². The number of benzene rings is 1. The van der Waals surface area contributed by atoms with Crippen LogP contribution < -0.4 is 0 Å². The van der Waals surface area contributed by atoms with E-state index in [9.17, 15) is 0 Å². The molecule has 0 amide bonds. The van der Waals surface area contributed by atoms with Crippen LogP contribution in [0.1, 0.15) is 11.1 Å². The fourth-order valence-corrected chi connectivity index (χ4v) is 0.987. The number of nitrogens with zero attached hydrogens (tertiary/aromatic N) is 4. The molecule has 1 N–H and O–H groups in total. The van der Waals surface area contributed by atoms with Gasteiger partial charge in [0, 0.05) is 16.0 Å². The van der Waals surface area contributed by atoms with Gasteiger partial charge in [0.2, 0.25) is 0 Å². The van der Waals surface area contributed by atoms with Crippen molar-refractivity contribution in [2.24, 2.45) is 10.3 Å². The molecule has 0 saturated carbocycles. The summed E-state index contributed by atoms with van der Waals surface area (Å²) in [7, 11) is 0. The van der Waals surface area contributed by atoms with Crippen LogP contribution in [0.4, 0.5) is 0 Å². The van der Waals surface area contributed by atoms with Gasteiger partial charge in [0.15, 0.2) is 0 Å². The molecule has 0 radical (unpaired) electrons. The zero-order valence-electron chi connectivity index (χ0n) is 7.83. The van der Waals surface area contributed by atoms with Crippen LogP contribution in [0.2, 0.25) is 0 Å². The van der Waals surface area contributed by atoms with Gasteiger partial charge in [-0.05, 0) is 11.6 Å². The van der Waals surface area contributed by atoms with E-state index in [1.54, 1.807) is 12.1 Å². The second-order valence-electron chi connectivity index (χ2n) is 2.52. The predicted molar refractivity (Wildman–Crippen MR) is 56.7 cm³/mol. The molecule has 0 unspecified atom stereocenters. The molecule has 15 heavy (non-hydrogen) atoms. The molecule has 5 nitrogen and oxygen atoms in total. The first kappa shape index (κ1) is 10.6. The molecular formula is C10H8N4O. The molecule has 0 fully saturated rings. The molecule has 0 atom stereocenters. The maximum absolute atomic E-state index is 8.41. The highest BCUT2D eigenvalue weighted by Gasteiger charge is 1.93. The summed E-state index contributed by atoms with van der Waals surface area (Å²) in [6.07, 6.45) is 1.30. The topological polar surface area (TPSA) is 81.4 Å². The molecule has 5 heteroatoms. The van der Waals surface area contributed by atoms with Crippen LogP contribution in [0.5, 0.6) is 0 Å². The van der Waals surface area contributed by atoms with Gasteiger partial charge in [-0.25, -0.2) is 0 Å². The van der Waals surface area contributed by atoms with Crippen LogP contribution in [0, 0.1) is 11.8 Å². The van der Waals surface area contributed by atoms with Gasteiger partial charge in [0.05, 0.1) is 12.8 Å². The summed E-state index contributed by atoms with van der Waals surface area (Å²) in [5.74, 6) is 5.50. The smallest absolute Gasteiger partial charge is 0.0880 e. The Bertz CT molecular complexity index is 464. The van der Waals surface area contributed by atoms with E-state index in [0.29, 0.717) is 5.56 Å². The molecule has 0 aromatic heterocycles. The lowest BCUT2D eigenvalue weighted by Gasteiger charge is -1.94. The Morgan fingerprint density at radius 2 is 2.27 bits per heavy atom. The summed E-state index contributed by atoms with van der Waals surface area (Å²) >= 11 is 0. The van der Waals surface area contributed by atoms with Crippen molar-refractivity contribution in [3.05, 3.63) is 45.8 Å². The van der Waals surface area contributed by atoms with Crippen molar-refractivity contribution in [3.63, 3.8) is 0 Å². The van der Waals surface area contributed by atoms with E-state index in [1.165, 1.54) is 6.21 Å². The molecule has 1 aromatic rings. The van der Waals surface area contributed by atoms with Crippen LogP contribution in [0.3, 0.4) is 0 Å². The minimum absolute atomic E-state index is 0.126. The Labute approximate surface area is 86.7 Å². The zero-order chi connectivity index (χ0) is 10.9. The van der Waals surface area contributed by atoms with Crippen molar-refractivity contribution in [1.82, 2.24) is 0 Å². The van der Waals surface area contributed by atoms with Crippen LogP contribution in [0.15, 0.2) is 34.5 Å². The Balaban J connectivity index is 2.91. The van der Waals surface area contributed by atoms with E-state index < -0.39 is 0 Å². The summed E-state index contributed by atoms with van der Waals surface area (Å²) in [4.78, 5) is 2.58. The lowest BCUT2D eigenvalue weighted by molar-refractivity contribution is 0.322. The highest BCUT2D eigenvalue weighted by Crippen LogP contribution is 2.03. The highest BCUT2D eigenvalue weighted by molar-refractivity contribution is 5.82. The maximum Gasteiger partial charge on any atom is 0.0880 e. The maximum atomic E-state index is 8.41. The molecule has 0 heterocycles. The van der Waals surface area contributed by atoms with Crippen molar-refractivity contribution >= 4 is 6.21 Å². The first-order chi connectivity index (χ1) is 7.38. The van der Waals surface area contributed by atoms with Gasteiger partial charge in [-0.3, -0.25) is 0 Å². The molecule has 1 aromatic carbocycles. The van der Waals surface area contributed by atoms with Gasteiger partial charge in [-0.1, -0.05) is 40.3 Å². The lowest BCUT2D eigenvalue weighted by Crippen LogP contribution is -1.87. The van der Waals surface area contributed by atoms with E-state index in [0.717, 1.165) is 5.56 Å². The first-order valence-electron chi connectivity index (χ1n) is 4.14. The molecule has 74 valence electrons. The Morgan fingerprint density at radius 3 is 3.00 bits per heavy atom. The number of rotatable bonds is 2. The van der Waals surface area contributed by atoms with Crippen LogP contribution in [-0.4, -0.2) is 18.0 Å². The van der Waals surface area contributed by atoms with Crippen molar-refractivity contribution in [2.45, 2.75) is 0 Å². The molecule has 1 rings (SSSR count). The summed E-state index contributed by atoms with van der Waals surface area (Å²) in [6.45, 7) is 0.126. The molecule has 0 saturated heterocycles. The van der Waals surface area contributed by atoms with Crippen LogP contribution >= 0.6 is 0 Å². The minimum atomic E-state index is 0.126. The van der Waals surface area contributed by atoms with Crippen molar-refractivity contribution in [1.29, 1.82) is 0 Å². The highest BCUT2D eigenvalue weighted by atomic mass is 16.4. The Kier molecular flexibility index (Phi) is 4.31. The standard InChI is InChI=1S/C10H8N4O/c11-14-12-7-3-6-9-4-1-2-5-10(9)8-13-15/h1-2,4-5,8,15H,7H2. The summed E-state index contributed by atoms with van der Waals surface area (Å²) in [6, 6.07) is 7.21. The lowest BCUT2D eigenvalue weighted by atomic mass is 10.1. The van der Waals surface area contributed by atoms with Crippen molar-refractivity contribution in [3.8, 4) is 11.8 Å². The van der Waals surface area contributed by atoms with Crippen LogP contribution in [0.25, 0.3) is 10.4 Å². The van der Waals surface area contributed by atoms with Gasteiger partial charge in [-0.2, -0.15) is 0 Å². The van der Waals surface area contributed by atoms with Gasteiger partial charge in [-0.15, -0.1) is 0 Å². The van der Waals surface area contributed by atoms with Gasteiger partial charge in [0.1, 0.15) is 0 Å². The Hall–Kier alpha value is -2.44. The summed E-state index contributed by atoms with van der Waals surface area (Å²) < 4.78 is 0. The molecule has 0 bridgehead atoms. The average molecular weight is 200 g/mol. The van der Waals surface area contributed by atoms with Gasteiger partial charge >= 0.3 is 0 Å². The average Bonchev–Trinajstić information content (AvgIpc) is 2.27. The fraction of sp³-hybridized carbons (Fsp3) is 0.100.